The van der Waals surface area contributed by atoms with E-state index in [1.165, 1.54) is 6.33 Å². The SMILES string of the molecule is Cc1ccc(C(=O)NNc2ncnc(NN(c3ccccc3)c3ccccc3)c2N)cc1. The summed E-state index contributed by atoms with van der Waals surface area (Å²) in [4.78, 5) is 20.8. The lowest BCUT2D eigenvalue weighted by molar-refractivity contribution is 0.0962. The quantitative estimate of drug-likeness (QED) is 0.327. The Morgan fingerprint density at radius 2 is 1.38 bits per heavy atom. The van der Waals surface area contributed by atoms with E-state index in [1.54, 1.807) is 12.1 Å². The summed E-state index contributed by atoms with van der Waals surface area (Å²) < 4.78 is 0. The number of hydrogen-bond acceptors (Lipinski definition) is 7. The Balaban J connectivity index is 1.54. The fraction of sp³-hybridized carbons (Fsp3) is 0.0417. The second-order valence-corrected chi connectivity index (χ2v) is 7.05. The predicted molar refractivity (Wildman–Crippen MR) is 127 cm³/mol. The van der Waals surface area contributed by atoms with Crippen LogP contribution in [0.4, 0.5) is 28.7 Å². The summed E-state index contributed by atoms with van der Waals surface area (Å²) in [5.74, 6) is 0.372. The van der Waals surface area contributed by atoms with Crippen molar-refractivity contribution in [1.82, 2.24) is 15.4 Å². The highest BCUT2D eigenvalue weighted by Gasteiger charge is 2.15. The molecule has 4 rings (SSSR count). The minimum Gasteiger partial charge on any atom is -0.393 e. The fourth-order valence-corrected chi connectivity index (χ4v) is 3.02. The van der Waals surface area contributed by atoms with Crippen molar-refractivity contribution in [3.8, 4) is 0 Å². The first-order valence-electron chi connectivity index (χ1n) is 10.0. The van der Waals surface area contributed by atoms with Crippen LogP contribution in [0.2, 0.25) is 0 Å². The van der Waals surface area contributed by atoms with Crippen molar-refractivity contribution in [2.24, 2.45) is 0 Å². The molecule has 0 atom stereocenters. The van der Waals surface area contributed by atoms with Crippen molar-refractivity contribution in [2.75, 3.05) is 21.6 Å². The standard InChI is InChI=1S/C24H23N7O/c1-17-12-14-18(15-13-17)24(32)29-28-22-21(25)23(27-16-26-22)30-31(19-8-4-2-5-9-19)20-10-6-3-7-11-20/h2-16H,25H2,1H3,(H,29,32)(H2,26,27,28,30). The van der Waals surface area contributed by atoms with Gasteiger partial charge in [-0.1, -0.05) is 54.1 Å². The molecule has 3 aromatic carbocycles. The summed E-state index contributed by atoms with van der Waals surface area (Å²) in [6, 6.07) is 26.8. The maximum atomic E-state index is 12.4. The van der Waals surface area contributed by atoms with Crippen LogP contribution in [0.25, 0.3) is 0 Å². The van der Waals surface area contributed by atoms with Crippen LogP contribution in [-0.2, 0) is 0 Å². The fourth-order valence-electron chi connectivity index (χ4n) is 3.02. The summed E-state index contributed by atoms with van der Waals surface area (Å²) in [5, 5.41) is 1.87. The monoisotopic (exact) mass is 425 g/mol. The molecule has 0 radical (unpaired) electrons. The highest BCUT2D eigenvalue weighted by atomic mass is 16.2. The summed E-state index contributed by atoms with van der Waals surface area (Å²) in [6.45, 7) is 1.96. The van der Waals surface area contributed by atoms with E-state index in [9.17, 15) is 4.79 Å². The summed E-state index contributed by atoms with van der Waals surface area (Å²) in [7, 11) is 0. The maximum Gasteiger partial charge on any atom is 0.269 e. The molecule has 0 saturated carbocycles. The van der Waals surface area contributed by atoms with Gasteiger partial charge in [0.25, 0.3) is 5.91 Å². The number of nitrogens with zero attached hydrogens (tertiary/aromatic N) is 3. The van der Waals surface area contributed by atoms with E-state index in [1.807, 2.05) is 84.7 Å². The Hall–Kier alpha value is -4.59. The Labute approximate surface area is 186 Å². The minimum atomic E-state index is -0.298. The zero-order chi connectivity index (χ0) is 22.3. The van der Waals surface area contributed by atoms with E-state index in [0.717, 1.165) is 16.9 Å². The number of aromatic nitrogens is 2. The molecule has 1 heterocycles. The first-order valence-corrected chi connectivity index (χ1v) is 10.0. The van der Waals surface area contributed by atoms with Crippen LogP contribution in [0.3, 0.4) is 0 Å². The van der Waals surface area contributed by atoms with Gasteiger partial charge in [-0.05, 0) is 43.3 Å². The van der Waals surface area contributed by atoms with Crippen molar-refractivity contribution in [1.29, 1.82) is 0 Å². The molecule has 0 fully saturated rings. The molecule has 0 aliphatic carbocycles. The molecule has 0 unspecified atom stereocenters. The molecule has 0 spiro atoms. The van der Waals surface area contributed by atoms with Crippen LogP contribution < -0.4 is 27.0 Å². The number of anilines is 5. The Bertz CT molecular complexity index is 1140. The maximum absolute atomic E-state index is 12.4. The van der Waals surface area contributed by atoms with Crippen LogP contribution in [0.15, 0.2) is 91.3 Å². The molecule has 32 heavy (non-hydrogen) atoms. The Morgan fingerprint density at radius 3 is 1.97 bits per heavy atom. The number of rotatable bonds is 7. The van der Waals surface area contributed by atoms with Gasteiger partial charge in [-0.3, -0.25) is 26.1 Å². The lowest BCUT2D eigenvalue weighted by Gasteiger charge is -2.26. The van der Waals surface area contributed by atoms with Crippen LogP contribution >= 0.6 is 0 Å². The van der Waals surface area contributed by atoms with Gasteiger partial charge in [0.1, 0.15) is 12.0 Å². The normalized spacial score (nSPS) is 10.3. The number of aryl methyl sites for hydroxylation is 1. The number of nitrogens with one attached hydrogen (secondary N) is 3. The largest absolute Gasteiger partial charge is 0.393 e. The summed E-state index contributed by atoms with van der Waals surface area (Å²) in [5.41, 5.74) is 18.6. The molecular weight excluding hydrogens is 402 g/mol. The molecule has 5 N–H and O–H groups in total. The number of para-hydroxylation sites is 2. The number of hydrogen-bond donors (Lipinski definition) is 4. The van der Waals surface area contributed by atoms with Crippen LogP contribution in [0.1, 0.15) is 15.9 Å². The highest BCUT2D eigenvalue weighted by Crippen LogP contribution is 2.29. The van der Waals surface area contributed by atoms with Gasteiger partial charge in [-0.2, -0.15) is 0 Å². The zero-order valence-corrected chi connectivity index (χ0v) is 17.5. The highest BCUT2D eigenvalue weighted by molar-refractivity contribution is 5.95. The molecule has 160 valence electrons. The molecule has 0 bridgehead atoms. The summed E-state index contributed by atoms with van der Waals surface area (Å²) in [6.07, 6.45) is 1.37. The first-order chi connectivity index (χ1) is 15.6. The van der Waals surface area contributed by atoms with E-state index < -0.39 is 0 Å². The molecule has 0 aliphatic rings. The third-order valence-electron chi connectivity index (χ3n) is 4.74. The van der Waals surface area contributed by atoms with Gasteiger partial charge >= 0.3 is 0 Å². The summed E-state index contributed by atoms with van der Waals surface area (Å²) >= 11 is 0. The average Bonchev–Trinajstić information content (AvgIpc) is 2.84. The number of benzene rings is 3. The van der Waals surface area contributed by atoms with Crippen molar-refractivity contribution in [3.63, 3.8) is 0 Å². The van der Waals surface area contributed by atoms with Crippen LogP contribution in [-0.4, -0.2) is 15.9 Å². The van der Waals surface area contributed by atoms with Gasteiger partial charge in [0.15, 0.2) is 11.6 Å². The smallest absolute Gasteiger partial charge is 0.269 e. The number of amides is 1. The topological polar surface area (TPSA) is 108 Å². The Kier molecular flexibility index (Phi) is 6.12. The van der Waals surface area contributed by atoms with E-state index >= 15 is 0 Å². The first kappa shape index (κ1) is 20.7. The van der Waals surface area contributed by atoms with Gasteiger partial charge in [0.05, 0.1) is 11.4 Å². The number of nitrogens with two attached hydrogens (primary N) is 1. The predicted octanol–water partition coefficient (Wildman–Crippen LogP) is 4.29. The van der Waals surface area contributed by atoms with E-state index in [2.05, 4.69) is 26.2 Å². The van der Waals surface area contributed by atoms with Crippen molar-refractivity contribution < 1.29 is 4.79 Å². The van der Waals surface area contributed by atoms with Crippen molar-refractivity contribution in [2.45, 2.75) is 6.92 Å². The number of carbonyl (C=O) groups is 1. The minimum absolute atomic E-state index is 0.258. The lowest BCUT2D eigenvalue weighted by Crippen LogP contribution is -2.31. The van der Waals surface area contributed by atoms with E-state index in [0.29, 0.717) is 11.4 Å². The van der Waals surface area contributed by atoms with Gasteiger partial charge < -0.3 is 5.73 Å². The molecule has 4 aromatic rings. The van der Waals surface area contributed by atoms with E-state index in [4.69, 9.17) is 5.73 Å². The van der Waals surface area contributed by atoms with Crippen molar-refractivity contribution >= 4 is 34.6 Å². The zero-order valence-electron chi connectivity index (χ0n) is 17.5. The molecular formula is C24H23N7O. The van der Waals surface area contributed by atoms with Gasteiger partial charge in [-0.15, -0.1) is 0 Å². The third-order valence-corrected chi connectivity index (χ3v) is 4.74. The number of nitrogen functional groups attached to an aromatic ring is 1. The lowest BCUT2D eigenvalue weighted by atomic mass is 10.1. The van der Waals surface area contributed by atoms with E-state index in [-0.39, 0.29) is 17.4 Å². The molecule has 0 aliphatic heterocycles. The molecule has 1 aromatic heterocycles. The number of carbonyl (C=O) groups excluding carboxylic acids is 1. The molecule has 1 amide bonds. The Morgan fingerprint density at radius 1 is 0.812 bits per heavy atom. The van der Waals surface area contributed by atoms with Gasteiger partial charge in [0.2, 0.25) is 0 Å². The second-order valence-electron chi connectivity index (χ2n) is 7.05. The molecule has 8 nitrogen and oxygen atoms in total. The molecule has 0 saturated heterocycles. The van der Waals surface area contributed by atoms with Crippen LogP contribution in [0, 0.1) is 6.92 Å². The number of hydrazine groups is 2. The molecule has 8 heteroatoms. The van der Waals surface area contributed by atoms with Gasteiger partial charge in [-0.25, -0.2) is 9.97 Å². The van der Waals surface area contributed by atoms with Crippen molar-refractivity contribution in [3.05, 3.63) is 102 Å². The van der Waals surface area contributed by atoms with Crippen LogP contribution in [0.5, 0.6) is 0 Å². The average molecular weight is 425 g/mol. The third kappa shape index (κ3) is 4.76. The van der Waals surface area contributed by atoms with Gasteiger partial charge in [0, 0.05) is 5.56 Å². The second kappa shape index (κ2) is 9.48.